The van der Waals surface area contributed by atoms with Crippen molar-refractivity contribution in [2.24, 2.45) is 5.41 Å². The van der Waals surface area contributed by atoms with E-state index in [4.69, 9.17) is 4.74 Å². The molecule has 1 saturated carbocycles. The van der Waals surface area contributed by atoms with Crippen molar-refractivity contribution in [3.8, 4) is 0 Å². The molecule has 5 heteroatoms. The van der Waals surface area contributed by atoms with Gasteiger partial charge in [-0.15, -0.1) is 11.8 Å². The van der Waals surface area contributed by atoms with E-state index in [1.807, 2.05) is 0 Å². The second kappa shape index (κ2) is 7.95. The minimum Gasteiger partial charge on any atom is -0.396 e. The number of carbonyl (C=O) groups is 1. The number of thioether (sulfide) groups is 1. The molecule has 0 radical (unpaired) electrons. The molecule has 0 aromatic carbocycles. The van der Waals surface area contributed by atoms with Gasteiger partial charge in [-0.1, -0.05) is 12.8 Å². The van der Waals surface area contributed by atoms with E-state index < -0.39 is 0 Å². The fourth-order valence-corrected chi connectivity index (χ4v) is 2.88. The van der Waals surface area contributed by atoms with E-state index in [9.17, 15) is 9.90 Å². The third-order valence-corrected chi connectivity index (χ3v) is 4.25. The molecule has 0 aromatic rings. The van der Waals surface area contributed by atoms with Gasteiger partial charge < -0.3 is 15.2 Å². The molecule has 0 aromatic heterocycles. The van der Waals surface area contributed by atoms with E-state index >= 15 is 0 Å². The highest BCUT2D eigenvalue weighted by molar-refractivity contribution is 7.99. The Labute approximate surface area is 107 Å². The maximum absolute atomic E-state index is 11.6. The van der Waals surface area contributed by atoms with Crippen LogP contribution in [0.5, 0.6) is 0 Å². The highest BCUT2D eigenvalue weighted by Crippen LogP contribution is 2.36. The first-order valence-corrected chi connectivity index (χ1v) is 7.32. The van der Waals surface area contributed by atoms with Crippen LogP contribution in [-0.2, 0) is 9.53 Å². The summed E-state index contributed by atoms with van der Waals surface area (Å²) in [6.07, 6.45) is 4.39. The van der Waals surface area contributed by atoms with Crippen LogP contribution in [0, 0.1) is 5.41 Å². The fourth-order valence-electron chi connectivity index (χ4n) is 2.16. The zero-order valence-corrected chi connectivity index (χ0v) is 11.4. The van der Waals surface area contributed by atoms with Crippen LogP contribution in [0.3, 0.4) is 0 Å². The third-order valence-electron chi connectivity index (χ3n) is 3.33. The highest BCUT2D eigenvalue weighted by Gasteiger charge is 2.33. The van der Waals surface area contributed by atoms with Crippen molar-refractivity contribution >= 4 is 17.7 Å². The summed E-state index contributed by atoms with van der Waals surface area (Å²) in [4.78, 5) is 11.6. The molecule has 2 N–H and O–H groups in total. The van der Waals surface area contributed by atoms with Gasteiger partial charge in [0, 0.05) is 24.8 Å². The smallest absolute Gasteiger partial charge is 0.230 e. The van der Waals surface area contributed by atoms with E-state index in [2.05, 4.69) is 5.32 Å². The number of ether oxygens (including phenoxy) is 1. The summed E-state index contributed by atoms with van der Waals surface area (Å²) < 4.78 is 4.91. The van der Waals surface area contributed by atoms with Crippen LogP contribution >= 0.6 is 11.8 Å². The number of nitrogens with one attached hydrogen (secondary N) is 1. The minimum atomic E-state index is -0.0488. The molecule has 17 heavy (non-hydrogen) atoms. The molecule has 1 aliphatic carbocycles. The SMILES string of the molecule is COCCSCC(=O)NCC1(CO)CCCC1. The van der Waals surface area contributed by atoms with E-state index in [1.165, 1.54) is 12.8 Å². The Bertz CT molecular complexity index is 230. The molecule has 0 atom stereocenters. The van der Waals surface area contributed by atoms with Crippen LogP contribution < -0.4 is 5.32 Å². The predicted octanol–water partition coefficient (Wildman–Crippen LogP) is 1.03. The van der Waals surface area contributed by atoms with Gasteiger partial charge in [0.05, 0.1) is 19.0 Å². The summed E-state index contributed by atoms with van der Waals surface area (Å²) in [6.45, 7) is 1.48. The van der Waals surface area contributed by atoms with Crippen molar-refractivity contribution in [1.29, 1.82) is 0 Å². The lowest BCUT2D eigenvalue weighted by molar-refractivity contribution is -0.119. The van der Waals surface area contributed by atoms with Crippen molar-refractivity contribution in [3.63, 3.8) is 0 Å². The molecule has 1 rings (SSSR count). The predicted molar refractivity (Wildman–Crippen MR) is 70.2 cm³/mol. The van der Waals surface area contributed by atoms with Crippen molar-refractivity contribution in [2.45, 2.75) is 25.7 Å². The van der Waals surface area contributed by atoms with Crippen molar-refractivity contribution in [3.05, 3.63) is 0 Å². The summed E-state index contributed by atoms with van der Waals surface area (Å²) in [7, 11) is 1.66. The van der Waals surface area contributed by atoms with Gasteiger partial charge in [0.2, 0.25) is 5.91 Å². The Morgan fingerprint density at radius 2 is 2.18 bits per heavy atom. The van der Waals surface area contributed by atoms with Gasteiger partial charge in [-0.05, 0) is 12.8 Å². The van der Waals surface area contributed by atoms with Crippen LogP contribution in [0.25, 0.3) is 0 Å². The normalized spacial score (nSPS) is 18.2. The Hall–Kier alpha value is -0.260. The number of aliphatic hydroxyl groups is 1. The van der Waals surface area contributed by atoms with Crippen LogP contribution in [0.1, 0.15) is 25.7 Å². The van der Waals surface area contributed by atoms with Crippen molar-refractivity contribution in [2.75, 3.05) is 38.4 Å². The second-order valence-electron chi connectivity index (χ2n) is 4.69. The quantitative estimate of drug-likeness (QED) is 0.641. The van der Waals surface area contributed by atoms with Gasteiger partial charge in [-0.3, -0.25) is 4.79 Å². The summed E-state index contributed by atoms with van der Waals surface area (Å²) in [6, 6.07) is 0. The molecule has 100 valence electrons. The molecular weight excluding hydrogens is 238 g/mol. The third kappa shape index (κ3) is 5.27. The molecule has 1 aliphatic rings. The fraction of sp³-hybridized carbons (Fsp3) is 0.917. The Morgan fingerprint density at radius 3 is 2.76 bits per heavy atom. The Morgan fingerprint density at radius 1 is 1.47 bits per heavy atom. The van der Waals surface area contributed by atoms with Crippen LogP contribution in [0.4, 0.5) is 0 Å². The Kier molecular flexibility index (Phi) is 6.92. The van der Waals surface area contributed by atoms with Gasteiger partial charge in [0.25, 0.3) is 0 Å². The van der Waals surface area contributed by atoms with E-state index in [-0.39, 0.29) is 17.9 Å². The molecule has 0 aliphatic heterocycles. The first-order valence-electron chi connectivity index (χ1n) is 6.17. The minimum absolute atomic E-state index is 0.0488. The van der Waals surface area contributed by atoms with E-state index in [0.29, 0.717) is 18.9 Å². The number of methoxy groups -OCH3 is 1. The second-order valence-corrected chi connectivity index (χ2v) is 5.79. The number of aliphatic hydroxyl groups excluding tert-OH is 1. The summed E-state index contributed by atoms with van der Waals surface area (Å²) in [5.41, 5.74) is -0.0488. The summed E-state index contributed by atoms with van der Waals surface area (Å²) >= 11 is 1.58. The molecule has 1 amide bonds. The van der Waals surface area contributed by atoms with E-state index in [0.717, 1.165) is 18.6 Å². The van der Waals surface area contributed by atoms with Gasteiger partial charge in [-0.2, -0.15) is 0 Å². The lowest BCUT2D eigenvalue weighted by Gasteiger charge is -2.26. The average Bonchev–Trinajstić information content (AvgIpc) is 2.82. The molecule has 0 unspecified atom stereocenters. The maximum atomic E-state index is 11.6. The zero-order chi connectivity index (χ0) is 12.6. The standard InChI is InChI=1S/C12H23NO3S/c1-16-6-7-17-8-11(15)13-9-12(10-14)4-2-3-5-12/h14H,2-10H2,1H3,(H,13,15). The lowest BCUT2D eigenvalue weighted by atomic mass is 9.87. The van der Waals surface area contributed by atoms with Gasteiger partial charge >= 0.3 is 0 Å². The number of carbonyl (C=O) groups excluding carboxylic acids is 1. The monoisotopic (exact) mass is 261 g/mol. The van der Waals surface area contributed by atoms with Gasteiger partial charge in [-0.25, -0.2) is 0 Å². The number of hydrogen-bond donors (Lipinski definition) is 2. The zero-order valence-electron chi connectivity index (χ0n) is 10.5. The molecule has 0 saturated heterocycles. The van der Waals surface area contributed by atoms with Crippen molar-refractivity contribution in [1.82, 2.24) is 5.32 Å². The lowest BCUT2D eigenvalue weighted by Crippen LogP contribution is -2.39. The van der Waals surface area contributed by atoms with E-state index in [1.54, 1.807) is 18.9 Å². The number of hydrogen-bond acceptors (Lipinski definition) is 4. The van der Waals surface area contributed by atoms with Gasteiger partial charge in [0.15, 0.2) is 0 Å². The summed E-state index contributed by atoms with van der Waals surface area (Å²) in [5, 5.41) is 12.3. The molecule has 0 bridgehead atoms. The largest absolute Gasteiger partial charge is 0.396 e. The average molecular weight is 261 g/mol. The topological polar surface area (TPSA) is 58.6 Å². The number of amides is 1. The van der Waals surface area contributed by atoms with Crippen molar-refractivity contribution < 1.29 is 14.6 Å². The van der Waals surface area contributed by atoms with Crippen LogP contribution in [0.15, 0.2) is 0 Å². The molecule has 1 fully saturated rings. The van der Waals surface area contributed by atoms with Gasteiger partial charge in [0.1, 0.15) is 0 Å². The molecule has 4 nitrogen and oxygen atoms in total. The molecule has 0 heterocycles. The Balaban J connectivity index is 2.14. The number of rotatable bonds is 8. The van der Waals surface area contributed by atoms with Crippen LogP contribution in [-0.4, -0.2) is 49.4 Å². The summed E-state index contributed by atoms with van der Waals surface area (Å²) in [5.74, 6) is 1.38. The first-order chi connectivity index (χ1) is 8.22. The van der Waals surface area contributed by atoms with Crippen LogP contribution in [0.2, 0.25) is 0 Å². The first kappa shape index (κ1) is 14.8. The maximum Gasteiger partial charge on any atom is 0.230 e. The molecular formula is C12H23NO3S. The molecule has 0 spiro atoms. The highest BCUT2D eigenvalue weighted by atomic mass is 32.2.